The van der Waals surface area contributed by atoms with Crippen molar-refractivity contribution in [3.63, 3.8) is 0 Å². The molecule has 2 saturated heterocycles. The maximum Gasteiger partial charge on any atom is 0.243 e. The molecular weight excluding hydrogens is 252 g/mol. The summed E-state index contributed by atoms with van der Waals surface area (Å²) in [4.78, 5) is 15.1. The van der Waals surface area contributed by atoms with Crippen molar-refractivity contribution in [2.75, 3.05) is 19.8 Å². The third kappa shape index (κ3) is 2.48. The molecule has 2 aliphatic heterocycles. The van der Waals surface area contributed by atoms with Gasteiger partial charge < -0.3 is 15.4 Å². The van der Waals surface area contributed by atoms with Crippen LogP contribution in [0.2, 0.25) is 0 Å². The molecule has 114 valence electrons. The fourth-order valence-electron chi connectivity index (χ4n) is 4.40. The number of fused-ring (bicyclic) bond motifs is 1. The second-order valence-electron chi connectivity index (χ2n) is 7.05. The highest BCUT2D eigenvalue weighted by molar-refractivity contribution is 5.86. The van der Waals surface area contributed by atoms with Crippen LogP contribution in [-0.2, 0) is 9.53 Å². The largest absolute Gasteiger partial charge is 0.381 e. The van der Waals surface area contributed by atoms with Crippen molar-refractivity contribution in [2.24, 2.45) is 17.6 Å². The van der Waals surface area contributed by atoms with E-state index in [0.717, 1.165) is 18.9 Å². The number of carbonyl (C=O) groups is 1. The van der Waals surface area contributed by atoms with Crippen LogP contribution in [0.3, 0.4) is 0 Å². The molecule has 0 spiro atoms. The highest BCUT2D eigenvalue weighted by Gasteiger charge is 2.45. The molecule has 0 aromatic heterocycles. The average Bonchev–Trinajstić information content (AvgIpc) is 2.48. The maximum atomic E-state index is 13.0. The van der Waals surface area contributed by atoms with Crippen LogP contribution in [0.5, 0.6) is 0 Å². The van der Waals surface area contributed by atoms with Gasteiger partial charge in [-0.3, -0.25) is 4.79 Å². The first-order valence-electron chi connectivity index (χ1n) is 8.29. The molecule has 0 aromatic carbocycles. The minimum Gasteiger partial charge on any atom is -0.381 e. The van der Waals surface area contributed by atoms with E-state index in [0.29, 0.717) is 38.0 Å². The monoisotopic (exact) mass is 280 g/mol. The Morgan fingerprint density at radius 1 is 1.20 bits per heavy atom. The molecule has 3 atom stereocenters. The summed E-state index contributed by atoms with van der Waals surface area (Å²) in [7, 11) is 0. The number of ether oxygens (including phenoxy) is 1. The molecule has 20 heavy (non-hydrogen) atoms. The van der Waals surface area contributed by atoms with Gasteiger partial charge in [-0.15, -0.1) is 0 Å². The molecule has 1 saturated carbocycles. The molecule has 0 bridgehead atoms. The molecule has 2 N–H and O–H groups in total. The highest BCUT2D eigenvalue weighted by atomic mass is 16.5. The van der Waals surface area contributed by atoms with Gasteiger partial charge in [0.25, 0.3) is 0 Å². The van der Waals surface area contributed by atoms with Crippen LogP contribution in [0, 0.1) is 11.8 Å². The normalized spacial score (nSPS) is 37.3. The SMILES string of the molecule is CC1CCN(C(=O)C2(N)CCOCC2)C2CCCCC12. The lowest BCUT2D eigenvalue weighted by atomic mass is 9.72. The van der Waals surface area contributed by atoms with Crippen molar-refractivity contribution in [3.8, 4) is 0 Å². The molecule has 4 heteroatoms. The number of carbonyl (C=O) groups excluding carboxylic acids is 1. The topological polar surface area (TPSA) is 55.6 Å². The van der Waals surface area contributed by atoms with Crippen LogP contribution in [0.1, 0.15) is 51.9 Å². The van der Waals surface area contributed by atoms with Crippen molar-refractivity contribution in [1.82, 2.24) is 4.90 Å². The lowest BCUT2D eigenvalue weighted by molar-refractivity contribution is -0.148. The Bertz CT molecular complexity index is 365. The molecule has 0 aromatic rings. The Labute approximate surface area is 122 Å². The zero-order valence-corrected chi connectivity index (χ0v) is 12.6. The zero-order valence-electron chi connectivity index (χ0n) is 12.6. The van der Waals surface area contributed by atoms with Gasteiger partial charge >= 0.3 is 0 Å². The Hall–Kier alpha value is -0.610. The summed E-state index contributed by atoms with van der Waals surface area (Å²) in [6.07, 6.45) is 7.54. The highest BCUT2D eigenvalue weighted by Crippen LogP contribution is 2.40. The minimum absolute atomic E-state index is 0.199. The second kappa shape index (κ2) is 5.64. The number of amides is 1. The predicted octanol–water partition coefficient (Wildman–Crippen LogP) is 1.92. The quantitative estimate of drug-likeness (QED) is 0.798. The number of piperidine rings is 1. The van der Waals surface area contributed by atoms with E-state index in [4.69, 9.17) is 10.5 Å². The summed E-state index contributed by atoms with van der Waals surface area (Å²) < 4.78 is 5.38. The van der Waals surface area contributed by atoms with Crippen LogP contribution in [0.15, 0.2) is 0 Å². The third-order valence-electron chi connectivity index (χ3n) is 5.81. The number of nitrogens with zero attached hydrogens (tertiary/aromatic N) is 1. The molecule has 1 aliphatic carbocycles. The van der Waals surface area contributed by atoms with Gasteiger partial charge in [0.1, 0.15) is 0 Å². The fraction of sp³-hybridized carbons (Fsp3) is 0.938. The number of hydrogen-bond donors (Lipinski definition) is 1. The molecule has 2 heterocycles. The molecule has 3 unspecified atom stereocenters. The van der Waals surface area contributed by atoms with Gasteiger partial charge in [-0.1, -0.05) is 19.8 Å². The summed E-state index contributed by atoms with van der Waals surface area (Å²) in [5.74, 6) is 1.65. The standard InChI is InChI=1S/C16H28N2O2/c1-12-6-9-18(14-5-3-2-4-13(12)14)15(19)16(17)7-10-20-11-8-16/h12-14H,2-11,17H2,1H3. The van der Waals surface area contributed by atoms with Crippen molar-refractivity contribution < 1.29 is 9.53 Å². The number of likely N-dealkylation sites (tertiary alicyclic amines) is 1. The van der Waals surface area contributed by atoms with E-state index in [2.05, 4.69) is 11.8 Å². The Kier molecular flexibility index (Phi) is 4.04. The minimum atomic E-state index is -0.666. The van der Waals surface area contributed by atoms with E-state index >= 15 is 0 Å². The molecule has 3 fully saturated rings. The van der Waals surface area contributed by atoms with E-state index in [-0.39, 0.29) is 5.91 Å². The maximum absolute atomic E-state index is 13.0. The lowest BCUT2D eigenvalue weighted by Gasteiger charge is -2.50. The summed E-state index contributed by atoms with van der Waals surface area (Å²) in [6, 6.07) is 0.447. The lowest BCUT2D eigenvalue weighted by Crippen LogP contribution is -2.63. The first-order chi connectivity index (χ1) is 9.62. The van der Waals surface area contributed by atoms with E-state index in [1.807, 2.05) is 0 Å². The zero-order chi connectivity index (χ0) is 14.2. The summed E-state index contributed by atoms with van der Waals surface area (Å²) in [5, 5.41) is 0. The van der Waals surface area contributed by atoms with Crippen LogP contribution in [0.25, 0.3) is 0 Å². The molecule has 4 nitrogen and oxygen atoms in total. The van der Waals surface area contributed by atoms with Crippen LogP contribution >= 0.6 is 0 Å². The van der Waals surface area contributed by atoms with Crippen LogP contribution < -0.4 is 5.73 Å². The van der Waals surface area contributed by atoms with Gasteiger partial charge in [0, 0.05) is 25.8 Å². The fourth-order valence-corrected chi connectivity index (χ4v) is 4.40. The van der Waals surface area contributed by atoms with E-state index in [1.54, 1.807) is 0 Å². The Morgan fingerprint density at radius 2 is 1.90 bits per heavy atom. The van der Waals surface area contributed by atoms with Crippen molar-refractivity contribution in [1.29, 1.82) is 0 Å². The molecule has 0 radical (unpaired) electrons. The summed E-state index contributed by atoms with van der Waals surface area (Å²) >= 11 is 0. The predicted molar refractivity (Wildman–Crippen MR) is 78.2 cm³/mol. The van der Waals surface area contributed by atoms with Crippen molar-refractivity contribution in [3.05, 3.63) is 0 Å². The first-order valence-corrected chi connectivity index (χ1v) is 8.29. The first kappa shape index (κ1) is 14.3. The average molecular weight is 280 g/mol. The van der Waals surface area contributed by atoms with Crippen LogP contribution in [-0.4, -0.2) is 42.1 Å². The molecular formula is C16H28N2O2. The van der Waals surface area contributed by atoms with Gasteiger partial charge in [0.05, 0.1) is 5.54 Å². The third-order valence-corrected chi connectivity index (χ3v) is 5.81. The van der Waals surface area contributed by atoms with E-state index < -0.39 is 5.54 Å². The van der Waals surface area contributed by atoms with Gasteiger partial charge in [-0.25, -0.2) is 0 Å². The number of hydrogen-bond acceptors (Lipinski definition) is 3. The second-order valence-corrected chi connectivity index (χ2v) is 7.05. The van der Waals surface area contributed by atoms with Crippen molar-refractivity contribution >= 4 is 5.91 Å². The summed E-state index contributed by atoms with van der Waals surface area (Å²) in [6.45, 7) is 4.51. The summed E-state index contributed by atoms with van der Waals surface area (Å²) in [5.41, 5.74) is 5.75. The molecule has 3 rings (SSSR count). The number of rotatable bonds is 1. The number of nitrogens with two attached hydrogens (primary N) is 1. The smallest absolute Gasteiger partial charge is 0.243 e. The van der Waals surface area contributed by atoms with Crippen molar-refractivity contribution in [2.45, 2.75) is 63.5 Å². The van der Waals surface area contributed by atoms with Gasteiger partial charge in [0.15, 0.2) is 0 Å². The van der Waals surface area contributed by atoms with Gasteiger partial charge in [0.2, 0.25) is 5.91 Å². The van der Waals surface area contributed by atoms with Gasteiger partial charge in [-0.2, -0.15) is 0 Å². The van der Waals surface area contributed by atoms with Gasteiger partial charge in [-0.05, 0) is 43.9 Å². The van der Waals surface area contributed by atoms with Crippen LogP contribution in [0.4, 0.5) is 0 Å². The Balaban J connectivity index is 1.76. The van der Waals surface area contributed by atoms with E-state index in [1.165, 1.54) is 25.7 Å². The molecule has 1 amide bonds. The Morgan fingerprint density at radius 3 is 2.65 bits per heavy atom. The molecule has 3 aliphatic rings. The van der Waals surface area contributed by atoms with E-state index in [9.17, 15) is 4.79 Å².